The summed E-state index contributed by atoms with van der Waals surface area (Å²) in [6.45, 7) is 0.271. The molecule has 0 saturated carbocycles. The maximum Gasteiger partial charge on any atom is 0.343 e. The van der Waals surface area contributed by atoms with Crippen molar-refractivity contribution in [2.45, 2.75) is 0 Å². The van der Waals surface area contributed by atoms with E-state index < -0.39 is 11.9 Å². The Hall–Kier alpha value is -4.20. The van der Waals surface area contributed by atoms with E-state index in [0.29, 0.717) is 34.5 Å². The summed E-state index contributed by atoms with van der Waals surface area (Å²) in [6.07, 6.45) is 0. The van der Waals surface area contributed by atoms with Crippen molar-refractivity contribution in [3.63, 3.8) is 0 Å². The Balaban J connectivity index is 1.24. The number of esters is 2. The van der Waals surface area contributed by atoms with Crippen LogP contribution in [0.15, 0.2) is 60.7 Å². The van der Waals surface area contributed by atoms with Gasteiger partial charge in [-0.25, -0.2) is 9.59 Å². The van der Waals surface area contributed by atoms with E-state index in [4.69, 9.17) is 28.4 Å². The van der Waals surface area contributed by atoms with Gasteiger partial charge in [0.15, 0.2) is 23.0 Å². The van der Waals surface area contributed by atoms with Gasteiger partial charge in [-0.05, 0) is 48.5 Å². The van der Waals surface area contributed by atoms with Crippen LogP contribution in [-0.4, -0.2) is 25.5 Å². The first-order valence-corrected chi connectivity index (χ1v) is 8.99. The van der Waals surface area contributed by atoms with Gasteiger partial charge >= 0.3 is 11.9 Å². The molecule has 8 nitrogen and oxygen atoms in total. The summed E-state index contributed by atoms with van der Waals surface area (Å²) in [6, 6.07) is 15.7. The van der Waals surface area contributed by atoms with Crippen LogP contribution in [-0.2, 0) is 0 Å². The van der Waals surface area contributed by atoms with Crippen molar-refractivity contribution in [1.29, 1.82) is 0 Å². The first-order chi connectivity index (χ1) is 14.7. The molecule has 8 heteroatoms. The second-order valence-corrected chi connectivity index (χ2v) is 6.39. The Bertz CT molecular complexity index is 1050. The zero-order valence-corrected chi connectivity index (χ0v) is 15.5. The highest BCUT2D eigenvalue weighted by molar-refractivity contribution is 5.95. The monoisotopic (exact) mass is 406 g/mol. The number of fused-ring (bicyclic) bond motifs is 2. The zero-order chi connectivity index (χ0) is 20.5. The van der Waals surface area contributed by atoms with Crippen molar-refractivity contribution in [1.82, 2.24) is 0 Å². The molecule has 3 aromatic carbocycles. The lowest BCUT2D eigenvalue weighted by Gasteiger charge is -2.07. The molecule has 3 aromatic rings. The highest BCUT2D eigenvalue weighted by atomic mass is 16.7. The van der Waals surface area contributed by atoms with Gasteiger partial charge in [0.2, 0.25) is 13.6 Å². The Morgan fingerprint density at radius 1 is 0.567 bits per heavy atom. The van der Waals surface area contributed by atoms with Crippen LogP contribution in [0.25, 0.3) is 0 Å². The van der Waals surface area contributed by atoms with Crippen LogP contribution < -0.4 is 28.4 Å². The third-order valence-electron chi connectivity index (χ3n) is 4.47. The van der Waals surface area contributed by atoms with Crippen LogP contribution >= 0.6 is 0 Å². The normalized spacial score (nSPS) is 13.1. The number of hydrogen-bond acceptors (Lipinski definition) is 8. The molecular formula is C22H14O8. The molecule has 0 atom stereocenters. The number of rotatable bonds is 4. The van der Waals surface area contributed by atoms with Gasteiger partial charge in [-0.3, -0.25) is 0 Å². The van der Waals surface area contributed by atoms with Gasteiger partial charge in [-0.2, -0.15) is 0 Å². The standard InChI is InChI=1S/C22H14O8/c23-21(29-15-5-7-17-19(9-15)27-11-25-17)13-1-2-14(4-3-13)22(24)30-16-6-8-18-20(10-16)28-12-26-18/h1-10H,11-12H2. The van der Waals surface area contributed by atoms with E-state index >= 15 is 0 Å². The van der Waals surface area contributed by atoms with Gasteiger partial charge < -0.3 is 28.4 Å². The summed E-state index contributed by atoms with van der Waals surface area (Å²) in [4.78, 5) is 24.7. The largest absolute Gasteiger partial charge is 0.454 e. The fourth-order valence-corrected chi connectivity index (χ4v) is 2.96. The molecule has 0 N–H and O–H groups in total. The number of carbonyl (C=O) groups excluding carboxylic acids is 2. The van der Waals surface area contributed by atoms with Crippen molar-refractivity contribution in [3.05, 3.63) is 71.8 Å². The summed E-state index contributed by atoms with van der Waals surface area (Å²) < 4.78 is 31.7. The van der Waals surface area contributed by atoms with E-state index in [0.717, 1.165) is 0 Å². The minimum absolute atomic E-state index is 0.135. The summed E-state index contributed by atoms with van der Waals surface area (Å²) in [7, 11) is 0. The second kappa shape index (κ2) is 7.32. The molecule has 0 bridgehead atoms. The molecule has 0 fully saturated rings. The van der Waals surface area contributed by atoms with E-state index in [1.54, 1.807) is 36.4 Å². The van der Waals surface area contributed by atoms with E-state index in [-0.39, 0.29) is 24.7 Å². The maximum absolute atomic E-state index is 12.4. The van der Waals surface area contributed by atoms with Crippen molar-refractivity contribution >= 4 is 11.9 Å². The molecule has 2 heterocycles. The molecule has 0 amide bonds. The summed E-state index contributed by atoms with van der Waals surface area (Å²) >= 11 is 0. The predicted octanol–water partition coefficient (Wildman–Crippen LogP) is 3.58. The number of ether oxygens (including phenoxy) is 6. The fourth-order valence-electron chi connectivity index (χ4n) is 2.96. The van der Waals surface area contributed by atoms with Crippen molar-refractivity contribution in [2.24, 2.45) is 0 Å². The van der Waals surface area contributed by atoms with Gasteiger partial charge in [-0.1, -0.05) is 0 Å². The molecule has 0 aromatic heterocycles. The molecule has 0 aliphatic carbocycles. The van der Waals surface area contributed by atoms with Crippen LogP contribution in [0.4, 0.5) is 0 Å². The molecule has 150 valence electrons. The second-order valence-electron chi connectivity index (χ2n) is 6.39. The Morgan fingerprint density at radius 3 is 1.40 bits per heavy atom. The Kier molecular flexibility index (Phi) is 4.36. The Labute approximate surface area is 170 Å². The average molecular weight is 406 g/mol. The smallest absolute Gasteiger partial charge is 0.343 e. The van der Waals surface area contributed by atoms with Crippen LogP contribution in [0, 0.1) is 0 Å². The maximum atomic E-state index is 12.4. The van der Waals surface area contributed by atoms with Crippen molar-refractivity contribution < 1.29 is 38.0 Å². The molecule has 2 aliphatic rings. The molecule has 0 unspecified atom stereocenters. The lowest BCUT2D eigenvalue weighted by atomic mass is 10.1. The van der Waals surface area contributed by atoms with Gasteiger partial charge in [0.1, 0.15) is 11.5 Å². The van der Waals surface area contributed by atoms with E-state index in [2.05, 4.69) is 0 Å². The molecule has 0 saturated heterocycles. The molecule has 30 heavy (non-hydrogen) atoms. The number of hydrogen-bond donors (Lipinski definition) is 0. The number of carbonyl (C=O) groups is 2. The third-order valence-corrected chi connectivity index (χ3v) is 4.47. The van der Waals surface area contributed by atoms with Crippen molar-refractivity contribution in [2.75, 3.05) is 13.6 Å². The topological polar surface area (TPSA) is 89.5 Å². The van der Waals surface area contributed by atoms with Crippen LogP contribution in [0.5, 0.6) is 34.5 Å². The van der Waals surface area contributed by atoms with Gasteiger partial charge in [0, 0.05) is 12.1 Å². The van der Waals surface area contributed by atoms with E-state index in [1.807, 2.05) is 0 Å². The minimum atomic E-state index is -0.565. The van der Waals surface area contributed by atoms with E-state index in [1.165, 1.54) is 24.3 Å². The quantitative estimate of drug-likeness (QED) is 0.480. The highest BCUT2D eigenvalue weighted by Crippen LogP contribution is 2.36. The first kappa shape index (κ1) is 17.9. The summed E-state index contributed by atoms with van der Waals surface area (Å²) in [5, 5.41) is 0. The molecular weight excluding hydrogens is 392 g/mol. The zero-order valence-electron chi connectivity index (χ0n) is 15.5. The first-order valence-electron chi connectivity index (χ1n) is 8.99. The minimum Gasteiger partial charge on any atom is -0.454 e. The van der Waals surface area contributed by atoms with Crippen LogP contribution in [0.3, 0.4) is 0 Å². The van der Waals surface area contributed by atoms with Gasteiger partial charge in [0.25, 0.3) is 0 Å². The predicted molar refractivity (Wildman–Crippen MR) is 101 cm³/mol. The molecule has 0 spiro atoms. The van der Waals surface area contributed by atoms with Crippen molar-refractivity contribution in [3.8, 4) is 34.5 Å². The SMILES string of the molecule is O=C(Oc1ccc2c(c1)OCO2)c1ccc(C(=O)Oc2ccc3c(c2)OCO3)cc1. The summed E-state index contributed by atoms with van der Waals surface area (Å²) in [5.41, 5.74) is 0.569. The van der Waals surface area contributed by atoms with Gasteiger partial charge in [0.05, 0.1) is 11.1 Å². The molecule has 2 aliphatic heterocycles. The summed E-state index contributed by atoms with van der Waals surface area (Å²) in [5.74, 6) is 1.75. The van der Waals surface area contributed by atoms with Crippen LogP contribution in [0.1, 0.15) is 20.7 Å². The molecule has 0 radical (unpaired) electrons. The number of benzene rings is 3. The van der Waals surface area contributed by atoms with Gasteiger partial charge in [-0.15, -0.1) is 0 Å². The third kappa shape index (κ3) is 3.46. The fraction of sp³-hybridized carbons (Fsp3) is 0.0909. The lowest BCUT2D eigenvalue weighted by molar-refractivity contribution is 0.0720. The highest BCUT2D eigenvalue weighted by Gasteiger charge is 2.18. The van der Waals surface area contributed by atoms with E-state index in [9.17, 15) is 9.59 Å². The van der Waals surface area contributed by atoms with Crippen LogP contribution in [0.2, 0.25) is 0 Å². The Morgan fingerprint density at radius 2 is 0.967 bits per heavy atom. The molecule has 5 rings (SSSR count). The lowest BCUT2D eigenvalue weighted by Crippen LogP contribution is -2.11. The average Bonchev–Trinajstić information content (AvgIpc) is 3.42.